The lowest BCUT2D eigenvalue weighted by Gasteiger charge is -2.12. The van der Waals surface area contributed by atoms with E-state index in [1.807, 2.05) is 67.6 Å². The highest BCUT2D eigenvalue weighted by molar-refractivity contribution is 5.89. The quantitative estimate of drug-likeness (QED) is 0.470. The molecule has 0 fully saturated rings. The Labute approximate surface area is 179 Å². The minimum atomic E-state index is -0.207. The van der Waals surface area contributed by atoms with E-state index in [9.17, 15) is 4.79 Å². The summed E-state index contributed by atoms with van der Waals surface area (Å²) >= 11 is 0. The summed E-state index contributed by atoms with van der Waals surface area (Å²) in [5.74, 6) is 1.92. The molecule has 2 heterocycles. The Balaban J connectivity index is 1.80. The molecule has 156 valence electrons. The van der Waals surface area contributed by atoms with E-state index in [1.165, 1.54) is 10.6 Å². The zero-order valence-electron chi connectivity index (χ0n) is 17.5. The van der Waals surface area contributed by atoms with Gasteiger partial charge >= 0.3 is 0 Å². The number of rotatable bonds is 6. The van der Waals surface area contributed by atoms with Crippen molar-refractivity contribution in [2.45, 2.75) is 6.92 Å². The molecule has 7 nitrogen and oxygen atoms in total. The number of fused-ring (bicyclic) bond motifs is 1. The van der Waals surface area contributed by atoms with Gasteiger partial charge in [0.15, 0.2) is 0 Å². The third-order valence-electron chi connectivity index (χ3n) is 4.85. The summed E-state index contributed by atoms with van der Waals surface area (Å²) in [4.78, 5) is 22.5. The number of pyridine rings is 1. The van der Waals surface area contributed by atoms with Crippen LogP contribution in [0.1, 0.15) is 11.1 Å². The van der Waals surface area contributed by atoms with Gasteiger partial charge in [-0.05, 0) is 67.1 Å². The first-order chi connectivity index (χ1) is 15.1. The van der Waals surface area contributed by atoms with Gasteiger partial charge in [-0.1, -0.05) is 6.07 Å². The maximum Gasteiger partial charge on any atom is 0.268 e. The van der Waals surface area contributed by atoms with E-state index >= 15 is 0 Å². The molecule has 0 bridgehead atoms. The topological polar surface area (TPSA) is 77.2 Å². The lowest BCUT2D eigenvalue weighted by molar-refractivity contribution is 0.415. The lowest BCUT2D eigenvalue weighted by atomic mass is 10.2. The zero-order valence-corrected chi connectivity index (χ0v) is 17.5. The average molecular weight is 414 g/mol. The third-order valence-corrected chi connectivity index (χ3v) is 4.85. The maximum absolute atomic E-state index is 13.3. The van der Waals surface area contributed by atoms with Crippen LogP contribution in [0.3, 0.4) is 0 Å². The number of aromatic nitrogens is 2. The van der Waals surface area contributed by atoms with Crippen molar-refractivity contribution in [3.8, 4) is 11.5 Å². The maximum atomic E-state index is 13.3. The van der Waals surface area contributed by atoms with E-state index in [0.717, 1.165) is 22.7 Å². The van der Waals surface area contributed by atoms with Crippen molar-refractivity contribution in [2.24, 2.45) is 4.99 Å². The Morgan fingerprint density at radius 3 is 2.26 bits per heavy atom. The standard InChI is InChI=1S/C24H22N4O3/c1-16-5-4-14-28-23(16)27-22(26-18-8-12-20(31-3)13-9-18)21(24(28)29)15-25-17-6-10-19(30-2)11-7-17/h4-15,26H,1-3H3. The molecule has 4 aromatic rings. The van der Waals surface area contributed by atoms with E-state index in [-0.39, 0.29) is 5.56 Å². The molecule has 2 aromatic carbocycles. The van der Waals surface area contributed by atoms with Gasteiger partial charge in [0, 0.05) is 18.1 Å². The number of nitrogens with one attached hydrogen (secondary N) is 1. The van der Waals surface area contributed by atoms with Crippen molar-refractivity contribution in [2.75, 3.05) is 19.5 Å². The molecular formula is C24H22N4O3. The molecule has 0 aliphatic rings. The molecule has 4 rings (SSSR count). The molecule has 0 amide bonds. The predicted molar refractivity (Wildman–Crippen MR) is 123 cm³/mol. The van der Waals surface area contributed by atoms with Gasteiger partial charge in [-0.3, -0.25) is 14.2 Å². The van der Waals surface area contributed by atoms with E-state index in [0.29, 0.717) is 22.7 Å². The van der Waals surface area contributed by atoms with Gasteiger partial charge < -0.3 is 14.8 Å². The normalized spacial score (nSPS) is 11.1. The van der Waals surface area contributed by atoms with Crippen LogP contribution in [0, 0.1) is 6.92 Å². The van der Waals surface area contributed by atoms with Crippen LogP contribution in [-0.2, 0) is 0 Å². The molecule has 31 heavy (non-hydrogen) atoms. The Hall–Kier alpha value is -4.13. The van der Waals surface area contributed by atoms with Crippen molar-refractivity contribution >= 4 is 29.1 Å². The molecule has 2 aromatic heterocycles. The fraction of sp³-hybridized carbons (Fsp3) is 0.125. The summed E-state index contributed by atoms with van der Waals surface area (Å²) in [7, 11) is 3.23. The van der Waals surface area contributed by atoms with Crippen molar-refractivity contribution in [1.29, 1.82) is 0 Å². The molecule has 0 aliphatic heterocycles. The summed E-state index contributed by atoms with van der Waals surface area (Å²) in [5.41, 5.74) is 3.12. The third kappa shape index (κ3) is 4.25. The number of aliphatic imine (C=N–C) groups is 1. The molecule has 7 heteroatoms. The number of methoxy groups -OCH3 is 2. The van der Waals surface area contributed by atoms with Crippen LogP contribution in [0.2, 0.25) is 0 Å². The van der Waals surface area contributed by atoms with Crippen LogP contribution >= 0.6 is 0 Å². The molecule has 0 unspecified atom stereocenters. The summed E-state index contributed by atoms with van der Waals surface area (Å²) in [6, 6.07) is 18.4. The van der Waals surface area contributed by atoms with E-state index in [1.54, 1.807) is 20.4 Å². The molecule has 0 saturated carbocycles. The SMILES string of the molecule is COc1ccc(N=Cc2c(Nc3ccc(OC)cc3)nc3c(C)cccn3c2=O)cc1. The van der Waals surface area contributed by atoms with Crippen LogP contribution in [-0.4, -0.2) is 29.8 Å². The van der Waals surface area contributed by atoms with Crippen molar-refractivity contribution in [1.82, 2.24) is 9.38 Å². The molecule has 0 atom stereocenters. The van der Waals surface area contributed by atoms with Crippen molar-refractivity contribution < 1.29 is 9.47 Å². The number of ether oxygens (including phenoxy) is 2. The molecule has 0 radical (unpaired) electrons. The van der Waals surface area contributed by atoms with Gasteiger partial charge in [0.05, 0.1) is 19.9 Å². The first kappa shape index (κ1) is 20.2. The fourth-order valence-corrected chi connectivity index (χ4v) is 3.14. The molecule has 1 N–H and O–H groups in total. The Morgan fingerprint density at radius 1 is 0.968 bits per heavy atom. The monoisotopic (exact) mass is 414 g/mol. The van der Waals surface area contributed by atoms with Gasteiger partial charge in [0.25, 0.3) is 5.56 Å². The first-order valence-corrected chi connectivity index (χ1v) is 9.70. The largest absolute Gasteiger partial charge is 0.497 e. The number of hydrogen-bond acceptors (Lipinski definition) is 6. The number of benzene rings is 2. The number of nitrogens with zero attached hydrogens (tertiary/aromatic N) is 3. The summed E-state index contributed by atoms with van der Waals surface area (Å²) in [6.45, 7) is 1.92. The van der Waals surface area contributed by atoms with Crippen LogP contribution in [0.15, 0.2) is 76.6 Å². The second-order valence-electron chi connectivity index (χ2n) is 6.87. The van der Waals surface area contributed by atoms with Gasteiger partial charge in [0.2, 0.25) is 0 Å². The Kier molecular flexibility index (Phi) is 5.66. The minimum Gasteiger partial charge on any atom is -0.497 e. The Morgan fingerprint density at radius 2 is 1.61 bits per heavy atom. The number of aryl methyl sites for hydroxylation is 1. The average Bonchev–Trinajstić information content (AvgIpc) is 2.80. The number of anilines is 2. The summed E-state index contributed by atoms with van der Waals surface area (Å²) in [6.07, 6.45) is 3.25. The highest BCUT2D eigenvalue weighted by Crippen LogP contribution is 2.22. The van der Waals surface area contributed by atoms with Crippen LogP contribution in [0.4, 0.5) is 17.2 Å². The summed E-state index contributed by atoms with van der Waals surface area (Å²) in [5, 5.41) is 3.25. The smallest absolute Gasteiger partial charge is 0.268 e. The van der Waals surface area contributed by atoms with Crippen LogP contribution < -0.4 is 20.3 Å². The highest BCUT2D eigenvalue weighted by atomic mass is 16.5. The van der Waals surface area contributed by atoms with Gasteiger partial charge in [-0.25, -0.2) is 4.98 Å². The summed E-state index contributed by atoms with van der Waals surface area (Å²) < 4.78 is 11.9. The van der Waals surface area contributed by atoms with Crippen molar-refractivity contribution in [3.05, 3.63) is 88.3 Å². The van der Waals surface area contributed by atoms with Crippen LogP contribution in [0.25, 0.3) is 5.65 Å². The van der Waals surface area contributed by atoms with E-state index in [2.05, 4.69) is 10.3 Å². The Bertz CT molecular complexity index is 1290. The van der Waals surface area contributed by atoms with E-state index < -0.39 is 0 Å². The van der Waals surface area contributed by atoms with Gasteiger partial charge in [0.1, 0.15) is 28.5 Å². The first-order valence-electron chi connectivity index (χ1n) is 9.70. The highest BCUT2D eigenvalue weighted by Gasteiger charge is 2.13. The van der Waals surface area contributed by atoms with E-state index in [4.69, 9.17) is 14.5 Å². The fourth-order valence-electron chi connectivity index (χ4n) is 3.14. The van der Waals surface area contributed by atoms with Gasteiger partial charge in [-0.15, -0.1) is 0 Å². The van der Waals surface area contributed by atoms with Crippen molar-refractivity contribution in [3.63, 3.8) is 0 Å². The van der Waals surface area contributed by atoms with Gasteiger partial charge in [-0.2, -0.15) is 0 Å². The molecule has 0 spiro atoms. The zero-order chi connectivity index (χ0) is 21.8. The lowest BCUT2D eigenvalue weighted by Crippen LogP contribution is -2.22. The molecular weight excluding hydrogens is 392 g/mol. The van der Waals surface area contributed by atoms with Crippen LogP contribution in [0.5, 0.6) is 11.5 Å². The predicted octanol–water partition coefficient (Wildman–Crippen LogP) is 4.51. The molecule has 0 saturated heterocycles. The number of hydrogen-bond donors (Lipinski definition) is 1. The second-order valence-corrected chi connectivity index (χ2v) is 6.87. The molecule has 0 aliphatic carbocycles. The minimum absolute atomic E-state index is 0.207. The second kappa shape index (κ2) is 8.71.